The second-order valence-electron chi connectivity index (χ2n) is 18.5. The smallest absolute Gasteiger partial charge is 0.235 e. The third-order valence-corrected chi connectivity index (χ3v) is 12.2. The molecule has 4 heterocycles. The Hall–Kier alpha value is -6.45. The summed E-state index contributed by atoms with van der Waals surface area (Å²) in [7, 11) is 0. The van der Waals surface area contributed by atoms with Crippen molar-refractivity contribution in [1.29, 1.82) is 5.26 Å². The summed E-state index contributed by atoms with van der Waals surface area (Å²) in [5.74, 6) is 2.78. The second kappa shape index (κ2) is 14.1. The molecular formula is C48H50N6O6. The molecule has 0 atom stereocenters. The number of carbonyl (C=O) groups is 2. The number of aromatic nitrogens is 2. The Morgan fingerprint density at radius 3 is 1.55 bits per heavy atom. The Balaban J connectivity index is 0.000000154. The highest BCUT2D eigenvalue weighted by atomic mass is 16.7. The van der Waals surface area contributed by atoms with E-state index in [9.17, 15) is 14.9 Å². The third-order valence-electron chi connectivity index (χ3n) is 12.2. The van der Waals surface area contributed by atoms with Gasteiger partial charge in [-0.05, 0) is 103 Å². The van der Waals surface area contributed by atoms with E-state index in [1.807, 2.05) is 54.6 Å². The first kappa shape index (κ1) is 39.0. The molecule has 4 aliphatic rings. The van der Waals surface area contributed by atoms with Gasteiger partial charge in [-0.2, -0.15) is 5.26 Å². The van der Waals surface area contributed by atoms with Gasteiger partial charge in [-0.25, -0.2) is 0 Å². The monoisotopic (exact) mass is 806 g/mol. The van der Waals surface area contributed by atoms with Gasteiger partial charge in [0, 0.05) is 50.9 Å². The molecule has 0 radical (unpaired) electrons. The van der Waals surface area contributed by atoms with Crippen LogP contribution in [-0.4, -0.2) is 35.4 Å². The van der Waals surface area contributed by atoms with Crippen molar-refractivity contribution < 1.29 is 28.5 Å². The van der Waals surface area contributed by atoms with Crippen LogP contribution in [0.15, 0.2) is 72.8 Å². The van der Waals surface area contributed by atoms with Crippen LogP contribution < -0.4 is 35.3 Å². The number of fused-ring (bicyclic) bond motifs is 4. The highest BCUT2D eigenvalue weighted by Crippen LogP contribution is 2.52. The minimum absolute atomic E-state index is 0.00568. The van der Waals surface area contributed by atoms with Gasteiger partial charge >= 0.3 is 0 Å². The van der Waals surface area contributed by atoms with Crippen molar-refractivity contribution in [1.82, 2.24) is 9.97 Å². The quantitative estimate of drug-likeness (QED) is 0.106. The zero-order valence-corrected chi connectivity index (χ0v) is 34.9. The lowest BCUT2D eigenvalue weighted by Gasteiger charge is -2.17. The van der Waals surface area contributed by atoms with Gasteiger partial charge in [0.05, 0.1) is 27.4 Å². The minimum Gasteiger partial charge on any atom is -0.454 e. The van der Waals surface area contributed by atoms with E-state index in [2.05, 4.69) is 80.3 Å². The Morgan fingerprint density at radius 2 is 1.10 bits per heavy atom. The molecule has 12 nitrogen and oxygen atoms in total. The van der Waals surface area contributed by atoms with Crippen molar-refractivity contribution in [3.8, 4) is 29.1 Å². The van der Waals surface area contributed by atoms with Crippen LogP contribution in [0.5, 0.6) is 23.0 Å². The summed E-state index contributed by atoms with van der Waals surface area (Å²) in [6.07, 6.45) is 3.21. The van der Waals surface area contributed by atoms with Crippen molar-refractivity contribution in [3.05, 3.63) is 106 Å². The highest BCUT2D eigenvalue weighted by Gasteiger charge is 2.52. The van der Waals surface area contributed by atoms with Crippen LogP contribution in [0.2, 0.25) is 0 Å². The number of nitrogens with two attached hydrogens (primary N) is 1. The number of amides is 2. The summed E-state index contributed by atoms with van der Waals surface area (Å²) < 4.78 is 21.7. The lowest BCUT2D eigenvalue weighted by Crippen LogP contribution is -2.27. The Morgan fingerprint density at radius 1 is 0.650 bits per heavy atom. The minimum atomic E-state index is -0.558. The van der Waals surface area contributed by atoms with Gasteiger partial charge in [0.15, 0.2) is 23.0 Å². The third kappa shape index (κ3) is 6.96. The highest BCUT2D eigenvalue weighted by molar-refractivity contribution is 6.04. The topological polar surface area (TPSA) is 177 Å². The molecule has 2 saturated carbocycles. The van der Waals surface area contributed by atoms with Crippen LogP contribution in [0.3, 0.4) is 0 Å². The maximum atomic E-state index is 13.3. The Bertz CT molecular complexity index is 2750. The Kier molecular flexibility index (Phi) is 9.17. The van der Waals surface area contributed by atoms with Gasteiger partial charge in [-0.15, -0.1) is 0 Å². The zero-order valence-electron chi connectivity index (χ0n) is 34.9. The molecule has 10 rings (SSSR count). The number of nitriles is 1. The average molecular weight is 807 g/mol. The van der Waals surface area contributed by atoms with Crippen LogP contribution in [0, 0.1) is 11.3 Å². The number of anilines is 2. The van der Waals surface area contributed by atoms with E-state index < -0.39 is 10.8 Å². The molecule has 4 aromatic carbocycles. The number of ether oxygens (including phenoxy) is 4. The molecule has 2 aliphatic carbocycles. The summed E-state index contributed by atoms with van der Waals surface area (Å²) >= 11 is 0. The fourth-order valence-corrected chi connectivity index (χ4v) is 8.20. The predicted molar refractivity (Wildman–Crippen MR) is 231 cm³/mol. The second-order valence-corrected chi connectivity index (χ2v) is 18.5. The first-order chi connectivity index (χ1) is 28.6. The van der Waals surface area contributed by atoms with Crippen molar-refractivity contribution in [2.45, 2.75) is 95.4 Å². The van der Waals surface area contributed by atoms with Crippen LogP contribution in [0.1, 0.15) is 101 Å². The van der Waals surface area contributed by atoms with Crippen LogP contribution in [-0.2, 0) is 37.8 Å². The summed E-state index contributed by atoms with van der Waals surface area (Å²) in [4.78, 5) is 33.4. The van der Waals surface area contributed by atoms with Gasteiger partial charge < -0.3 is 45.3 Å². The first-order valence-corrected chi connectivity index (χ1v) is 20.5. The number of hydrogen-bond acceptors (Lipinski definition) is 8. The molecule has 0 spiro atoms. The van der Waals surface area contributed by atoms with Gasteiger partial charge in [-0.3, -0.25) is 9.59 Å². The van der Waals surface area contributed by atoms with Crippen LogP contribution in [0.4, 0.5) is 11.4 Å². The van der Waals surface area contributed by atoms with E-state index in [0.717, 1.165) is 87.0 Å². The molecule has 60 heavy (non-hydrogen) atoms. The van der Waals surface area contributed by atoms with Crippen molar-refractivity contribution in [3.63, 3.8) is 0 Å². The largest absolute Gasteiger partial charge is 0.454 e. The molecule has 2 aliphatic heterocycles. The molecule has 6 aromatic rings. The molecule has 0 saturated heterocycles. The van der Waals surface area contributed by atoms with Crippen molar-refractivity contribution >= 4 is 45.0 Å². The van der Waals surface area contributed by atoms with E-state index in [1.165, 1.54) is 0 Å². The predicted octanol–water partition coefficient (Wildman–Crippen LogP) is 9.06. The molecule has 0 bridgehead atoms. The fraction of sp³-hybridized carbons (Fsp3) is 0.354. The van der Waals surface area contributed by atoms with Crippen LogP contribution >= 0.6 is 0 Å². The summed E-state index contributed by atoms with van der Waals surface area (Å²) in [5, 5.41) is 17.8. The number of H-pyrrole nitrogens is 2. The number of hydrogen-bond donors (Lipinski definition) is 5. The summed E-state index contributed by atoms with van der Waals surface area (Å²) in [6.45, 7) is 13.7. The fourth-order valence-electron chi connectivity index (χ4n) is 8.20. The van der Waals surface area contributed by atoms with E-state index in [-0.39, 0.29) is 36.2 Å². The number of benzene rings is 4. The van der Waals surface area contributed by atoms with E-state index in [4.69, 9.17) is 24.7 Å². The molecule has 12 heteroatoms. The van der Waals surface area contributed by atoms with Crippen molar-refractivity contribution in [2.24, 2.45) is 5.73 Å². The van der Waals surface area contributed by atoms with Crippen LogP contribution in [0.25, 0.3) is 21.8 Å². The maximum Gasteiger partial charge on any atom is 0.235 e. The molecule has 2 fully saturated rings. The molecule has 0 unspecified atom stereocenters. The molecule has 308 valence electrons. The SMILES string of the molecule is CC(C)(C)c1cc2cc(NC(=O)C3(c4ccc5c(c4)OCO5)CC3)cc(C#N)c2[nH]1.CC(C)(C)c1cc2cc(NC(=O)C3(c4ccc5c(c4)OCO5)CC3)cc(CN)c2[nH]1. The standard InChI is InChI=1S/C24H27N3O3.C24H23N3O3/c2*1-23(2,3)20-10-14-8-17(9-15(12-25)21(14)27-20)26-22(28)24(6-7-24)16-4-5-18-19(11-16)30-13-29-18/h4-5,8-11,27H,6-7,12-13,25H2,1-3H3,(H,26,28);4-5,8-11,27H,6-7,13H2,1-3H3,(H,26,28). The molecule has 2 aromatic heterocycles. The summed E-state index contributed by atoms with van der Waals surface area (Å²) in [6, 6.07) is 25.6. The lowest BCUT2D eigenvalue weighted by molar-refractivity contribution is -0.119. The van der Waals surface area contributed by atoms with Gasteiger partial charge in [0.2, 0.25) is 25.4 Å². The number of nitrogens with one attached hydrogen (secondary N) is 4. The normalized spacial score (nSPS) is 16.5. The number of aromatic amines is 2. The van der Waals surface area contributed by atoms with E-state index in [0.29, 0.717) is 35.0 Å². The average Bonchev–Trinajstić information content (AvgIpc) is 3.89. The molecule has 2 amide bonds. The Labute approximate surface area is 348 Å². The lowest BCUT2D eigenvalue weighted by atomic mass is 9.92. The number of nitrogens with zero attached hydrogens (tertiary/aromatic N) is 1. The van der Waals surface area contributed by atoms with E-state index in [1.54, 1.807) is 6.07 Å². The van der Waals surface area contributed by atoms with Gasteiger partial charge in [0.1, 0.15) is 6.07 Å². The first-order valence-electron chi connectivity index (χ1n) is 20.5. The molecule has 6 N–H and O–H groups in total. The van der Waals surface area contributed by atoms with E-state index >= 15 is 0 Å². The summed E-state index contributed by atoms with van der Waals surface area (Å²) in [5.41, 5.74) is 13.8. The zero-order chi connectivity index (χ0) is 42.2. The van der Waals surface area contributed by atoms with Crippen molar-refractivity contribution in [2.75, 3.05) is 24.2 Å². The number of carbonyl (C=O) groups excluding carboxylic acids is 2. The van der Waals surface area contributed by atoms with Gasteiger partial charge in [-0.1, -0.05) is 53.7 Å². The van der Waals surface area contributed by atoms with Gasteiger partial charge in [0.25, 0.3) is 0 Å². The maximum absolute atomic E-state index is 13.3. The number of rotatable bonds is 7. The molecular weight excluding hydrogens is 757 g/mol.